The summed E-state index contributed by atoms with van der Waals surface area (Å²) in [4.78, 5) is 24.8. The fourth-order valence-electron chi connectivity index (χ4n) is 1.80. The third-order valence-corrected chi connectivity index (χ3v) is 4.24. The highest BCUT2D eigenvalue weighted by molar-refractivity contribution is 8.16. The average Bonchev–Trinajstić information content (AvgIpc) is 2.64. The predicted octanol–water partition coefficient (Wildman–Crippen LogP) is 3.07. The zero-order valence-electron chi connectivity index (χ0n) is 9.44. The van der Waals surface area contributed by atoms with E-state index in [0.29, 0.717) is 23.9 Å². The van der Waals surface area contributed by atoms with Gasteiger partial charge in [0.15, 0.2) is 0 Å². The topological polar surface area (TPSA) is 37.4 Å². The lowest BCUT2D eigenvalue weighted by Crippen LogP contribution is -2.30. The highest BCUT2D eigenvalue weighted by Crippen LogP contribution is 2.40. The molecular formula is C12H11Cl2NO2S. The smallest absolute Gasteiger partial charge is 0.302 e. The van der Waals surface area contributed by atoms with Crippen LogP contribution in [0, 0.1) is 0 Å². The Morgan fingerprint density at radius 3 is 2.78 bits per heavy atom. The van der Waals surface area contributed by atoms with Gasteiger partial charge in [-0.2, -0.15) is 0 Å². The number of thioether (sulfide) groups is 1. The van der Waals surface area contributed by atoms with E-state index < -0.39 is 11.0 Å². The summed E-state index contributed by atoms with van der Waals surface area (Å²) in [7, 11) is 0. The first-order valence-corrected chi connectivity index (χ1v) is 7.25. The van der Waals surface area contributed by atoms with Crippen molar-refractivity contribution in [3.63, 3.8) is 0 Å². The Kier molecular flexibility index (Phi) is 4.54. The molecule has 0 bridgehead atoms. The van der Waals surface area contributed by atoms with Crippen molar-refractivity contribution in [2.75, 3.05) is 12.4 Å². The Hall–Kier alpha value is -0.710. The standard InChI is InChI=1S/C12H11Cl2NO2S/c13-5-2-6-15-10(16)12(17)18-11(15)8-3-1-4-9(14)7-8/h1,3-4,7,11H,2,5-6H2. The van der Waals surface area contributed by atoms with Crippen LogP contribution in [0.3, 0.4) is 0 Å². The minimum atomic E-state index is -0.449. The van der Waals surface area contributed by atoms with Gasteiger partial charge in [-0.05, 0) is 35.9 Å². The third-order valence-electron chi connectivity index (χ3n) is 2.60. The van der Waals surface area contributed by atoms with Gasteiger partial charge >= 0.3 is 5.91 Å². The van der Waals surface area contributed by atoms with Gasteiger partial charge in [0.2, 0.25) is 0 Å². The largest absolute Gasteiger partial charge is 0.319 e. The van der Waals surface area contributed by atoms with E-state index in [1.54, 1.807) is 17.0 Å². The van der Waals surface area contributed by atoms with Crippen LogP contribution in [0.25, 0.3) is 0 Å². The predicted molar refractivity (Wildman–Crippen MR) is 73.8 cm³/mol. The molecule has 1 aromatic carbocycles. The van der Waals surface area contributed by atoms with Crippen LogP contribution in [0.5, 0.6) is 0 Å². The van der Waals surface area contributed by atoms with Crippen LogP contribution in [-0.2, 0) is 9.59 Å². The van der Waals surface area contributed by atoms with E-state index in [-0.39, 0.29) is 5.37 Å². The monoisotopic (exact) mass is 303 g/mol. The molecule has 1 unspecified atom stereocenters. The van der Waals surface area contributed by atoms with Gasteiger partial charge in [-0.15, -0.1) is 11.6 Å². The molecule has 0 saturated carbocycles. The number of hydrogen-bond acceptors (Lipinski definition) is 3. The molecule has 2 rings (SSSR count). The lowest BCUT2D eigenvalue weighted by atomic mass is 10.2. The fraction of sp³-hybridized carbons (Fsp3) is 0.333. The molecule has 1 aliphatic rings. The van der Waals surface area contributed by atoms with Gasteiger partial charge in [0.1, 0.15) is 5.37 Å². The van der Waals surface area contributed by atoms with Crippen molar-refractivity contribution >= 4 is 46.0 Å². The second-order valence-corrected chi connectivity index (χ2v) is 5.72. The first-order chi connectivity index (χ1) is 8.63. The van der Waals surface area contributed by atoms with Gasteiger partial charge in [-0.3, -0.25) is 9.59 Å². The quantitative estimate of drug-likeness (QED) is 0.634. The second-order valence-electron chi connectivity index (χ2n) is 3.85. The highest BCUT2D eigenvalue weighted by atomic mass is 35.5. The first-order valence-electron chi connectivity index (χ1n) is 5.46. The van der Waals surface area contributed by atoms with Crippen molar-refractivity contribution in [3.8, 4) is 0 Å². The molecule has 18 heavy (non-hydrogen) atoms. The summed E-state index contributed by atoms with van der Waals surface area (Å²) in [5, 5.41) is -0.112. The summed E-state index contributed by atoms with van der Waals surface area (Å²) in [5.74, 6) is 0.0142. The van der Waals surface area contributed by atoms with Crippen molar-refractivity contribution < 1.29 is 9.59 Å². The summed E-state index contributed by atoms with van der Waals surface area (Å²) < 4.78 is 0. The molecule has 1 amide bonds. The van der Waals surface area contributed by atoms with Gasteiger partial charge < -0.3 is 4.90 Å². The molecule has 1 aromatic rings. The Labute approximate surface area is 119 Å². The molecule has 96 valence electrons. The van der Waals surface area contributed by atoms with Crippen LogP contribution in [0.2, 0.25) is 5.02 Å². The molecule has 0 aromatic heterocycles. The summed E-state index contributed by atoms with van der Waals surface area (Å²) in [6, 6.07) is 7.21. The molecule has 0 spiro atoms. The normalized spacial score (nSPS) is 19.7. The average molecular weight is 304 g/mol. The zero-order chi connectivity index (χ0) is 13.1. The molecule has 0 N–H and O–H groups in total. The van der Waals surface area contributed by atoms with Gasteiger partial charge in [0.25, 0.3) is 5.12 Å². The number of halogens is 2. The van der Waals surface area contributed by atoms with E-state index >= 15 is 0 Å². The number of hydrogen-bond donors (Lipinski definition) is 0. The van der Waals surface area contributed by atoms with Crippen LogP contribution in [0.15, 0.2) is 24.3 Å². The van der Waals surface area contributed by atoms with Gasteiger partial charge in [-0.25, -0.2) is 0 Å². The van der Waals surface area contributed by atoms with Crippen molar-refractivity contribution in [1.82, 2.24) is 4.90 Å². The molecule has 1 atom stereocenters. The van der Waals surface area contributed by atoms with E-state index in [4.69, 9.17) is 23.2 Å². The maximum atomic E-state index is 11.8. The number of rotatable bonds is 4. The molecule has 1 aliphatic heterocycles. The van der Waals surface area contributed by atoms with Crippen molar-refractivity contribution in [1.29, 1.82) is 0 Å². The molecule has 0 aliphatic carbocycles. The molecule has 1 heterocycles. The summed E-state index contributed by atoms with van der Waals surface area (Å²) in [6.07, 6.45) is 0.665. The number of carbonyl (C=O) groups is 2. The first kappa shape index (κ1) is 13.7. The Morgan fingerprint density at radius 2 is 2.11 bits per heavy atom. The zero-order valence-corrected chi connectivity index (χ0v) is 11.8. The number of alkyl halides is 1. The van der Waals surface area contributed by atoms with Gasteiger partial charge in [0.05, 0.1) is 0 Å². The summed E-state index contributed by atoms with van der Waals surface area (Å²) in [6.45, 7) is 0.484. The lowest BCUT2D eigenvalue weighted by Gasteiger charge is -2.22. The number of amides is 1. The molecule has 6 heteroatoms. The van der Waals surface area contributed by atoms with Crippen molar-refractivity contribution in [3.05, 3.63) is 34.9 Å². The minimum absolute atomic E-state index is 0.285. The Bertz CT molecular complexity index is 481. The number of benzene rings is 1. The molecule has 3 nitrogen and oxygen atoms in total. The molecule has 1 saturated heterocycles. The maximum Gasteiger partial charge on any atom is 0.302 e. The Morgan fingerprint density at radius 1 is 1.33 bits per heavy atom. The number of carbonyl (C=O) groups excluding carboxylic acids is 2. The van der Waals surface area contributed by atoms with E-state index in [2.05, 4.69) is 0 Å². The van der Waals surface area contributed by atoms with Crippen molar-refractivity contribution in [2.45, 2.75) is 11.8 Å². The summed E-state index contributed by atoms with van der Waals surface area (Å²) in [5.41, 5.74) is 0.862. The fourth-order valence-corrected chi connectivity index (χ4v) is 3.15. The SMILES string of the molecule is O=C1SC(c2cccc(Cl)c2)N(CCCCl)C1=O. The van der Waals surface area contributed by atoms with E-state index in [9.17, 15) is 9.59 Å². The van der Waals surface area contributed by atoms with Gasteiger partial charge in [-0.1, -0.05) is 23.7 Å². The third kappa shape index (κ3) is 2.82. The van der Waals surface area contributed by atoms with E-state index in [1.807, 2.05) is 12.1 Å². The number of nitrogens with zero attached hydrogens (tertiary/aromatic N) is 1. The van der Waals surface area contributed by atoms with Crippen molar-refractivity contribution in [2.24, 2.45) is 0 Å². The van der Waals surface area contributed by atoms with E-state index in [0.717, 1.165) is 17.3 Å². The Balaban J connectivity index is 2.24. The van der Waals surface area contributed by atoms with Gasteiger partial charge in [0, 0.05) is 17.4 Å². The van der Waals surface area contributed by atoms with Crippen LogP contribution in [0.4, 0.5) is 0 Å². The summed E-state index contributed by atoms with van der Waals surface area (Å²) >= 11 is 12.6. The minimum Gasteiger partial charge on any atom is -0.319 e. The molecule has 1 fully saturated rings. The van der Waals surface area contributed by atoms with Crippen LogP contribution in [0.1, 0.15) is 17.4 Å². The van der Waals surface area contributed by atoms with E-state index in [1.165, 1.54) is 0 Å². The second kappa shape index (κ2) is 5.95. The molecule has 0 radical (unpaired) electrons. The molecular weight excluding hydrogens is 293 g/mol. The lowest BCUT2D eigenvalue weighted by molar-refractivity contribution is -0.139. The van der Waals surface area contributed by atoms with Crippen LogP contribution >= 0.6 is 35.0 Å². The maximum absolute atomic E-state index is 11.8. The highest BCUT2D eigenvalue weighted by Gasteiger charge is 2.39. The van der Waals surface area contributed by atoms with Crippen LogP contribution in [-0.4, -0.2) is 28.3 Å². The van der Waals surface area contributed by atoms with Crippen LogP contribution < -0.4 is 0 Å².